The molecule has 4 N–H and O–H groups in total. The number of nitrogens with zero attached hydrogens (tertiary/aromatic N) is 1. The van der Waals surface area contributed by atoms with E-state index >= 15 is 0 Å². The topological polar surface area (TPSA) is 114 Å². The fourth-order valence-corrected chi connectivity index (χ4v) is 4.97. The highest BCUT2D eigenvalue weighted by atomic mass is 16.5. The van der Waals surface area contributed by atoms with Crippen LogP contribution >= 0.6 is 0 Å². The first-order valence-corrected chi connectivity index (χ1v) is 14.9. The van der Waals surface area contributed by atoms with Gasteiger partial charge in [0, 0.05) is 25.2 Å². The third kappa shape index (κ3) is 11.8. The van der Waals surface area contributed by atoms with Crippen molar-refractivity contribution in [3.63, 3.8) is 0 Å². The van der Waals surface area contributed by atoms with Crippen LogP contribution in [0.2, 0.25) is 0 Å². The number of unbranched alkanes of at least 4 members (excludes halogenated alkanes) is 7. The van der Waals surface area contributed by atoms with Gasteiger partial charge in [-0.25, -0.2) is 0 Å². The van der Waals surface area contributed by atoms with Crippen LogP contribution < -0.4 is 21.1 Å². The fraction of sp³-hybridized carbons (Fsp3) is 0.531. The molecule has 2 aromatic rings. The molecule has 1 unspecified atom stereocenters. The van der Waals surface area contributed by atoms with Crippen molar-refractivity contribution in [1.82, 2.24) is 10.2 Å². The molecule has 1 heterocycles. The van der Waals surface area contributed by atoms with E-state index in [0.717, 1.165) is 56.4 Å². The summed E-state index contributed by atoms with van der Waals surface area (Å²) < 4.78 is 5.72. The maximum absolute atomic E-state index is 13.1. The average molecular weight is 551 g/mol. The Bertz CT molecular complexity index is 1050. The van der Waals surface area contributed by atoms with Crippen LogP contribution in [-0.4, -0.2) is 48.4 Å². The second-order valence-electron chi connectivity index (χ2n) is 10.6. The van der Waals surface area contributed by atoms with Crippen molar-refractivity contribution in [3.8, 4) is 5.75 Å². The zero-order valence-corrected chi connectivity index (χ0v) is 23.7. The predicted octanol–water partition coefficient (Wildman–Crippen LogP) is 5.17. The molecule has 3 amide bonds. The van der Waals surface area contributed by atoms with Crippen molar-refractivity contribution in [2.45, 2.75) is 89.6 Å². The largest absolute Gasteiger partial charge is 0.494 e. The summed E-state index contributed by atoms with van der Waals surface area (Å²) in [5.74, 6) is 0.419. The third-order valence-corrected chi connectivity index (χ3v) is 7.21. The number of anilines is 1. The van der Waals surface area contributed by atoms with Crippen LogP contribution in [0, 0.1) is 0 Å². The van der Waals surface area contributed by atoms with Crippen LogP contribution in [-0.2, 0) is 20.9 Å². The number of rotatable bonds is 17. The molecule has 1 saturated heterocycles. The number of benzene rings is 2. The number of para-hydroxylation sites is 1. The molecule has 0 aromatic heterocycles. The Morgan fingerprint density at radius 1 is 0.875 bits per heavy atom. The number of nitrogens with one attached hydrogen (secondary N) is 2. The zero-order valence-electron chi connectivity index (χ0n) is 23.7. The number of ether oxygens (including phenoxy) is 1. The molecule has 2 aromatic carbocycles. The van der Waals surface area contributed by atoms with Crippen molar-refractivity contribution in [2.75, 3.05) is 25.0 Å². The molecular formula is C32H46N4O4. The quantitative estimate of drug-likeness (QED) is 0.235. The lowest BCUT2D eigenvalue weighted by Gasteiger charge is -2.24. The molecule has 0 radical (unpaired) electrons. The van der Waals surface area contributed by atoms with Gasteiger partial charge in [-0.2, -0.15) is 0 Å². The van der Waals surface area contributed by atoms with Gasteiger partial charge in [0.2, 0.25) is 17.7 Å². The van der Waals surface area contributed by atoms with E-state index < -0.39 is 6.04 Å². The van der Waals surface area contributed by atoms with Gasteiger partial charge in [-0.1, -0.05) is 68.9 Å². The van der Waals surface area contributed by atoms with Crippen molar-refractivity contribution >= 4 is 23.4 Å². The predicted molar refractivity (Wildman–Crippen MR) is 159 cm³/mol. The lowest BCUT2D eigenvalue weighted by Crippen LogP contribution is -2.49. The van der Waals surface area contributed by atoms with Gasteiger partial charge in [-0.15, -0.1) is 0 Å². The maximum Gasteiger partial charge on any atom is 0.245 e. The summed E-state index contributed by atoms with van der Waals surface area (Å²) in [5.41, 5.74) is 7.26. The molecule has 1 fully saturated rings. The Morgan fingerprint density at radius 2 is 1.60 bits per heavy atom. The van der Waals surface area contributed by atoms with E-state index in [-0.39, 0.29) is 24.3 Å². The Kier molecular flexibility index (Phi) is 14.1. The first-order valence-electron chi connectivity index (χ1n) is 14.9. The Labute approximate surface area is 239 Å². The first-order chi connectivity index (χ1) is 19.5. The highest BCUT2D eigenvalue weighted by Gasteiger charge is 2.29. The van der Waals surface area contributed by atoms with E-state index in [1.807, 2.05) is 48.5 Å². The SMILES string of the molecule is NCc1cccc(NC(=O)CN2CCCCC(NC(=O)CCCCCCCCCCOc3ccccc3)C2=O)c1. The Hall–Kier alpha value is -3.39. The summed E-state index contributed by atoms with van der Waals surface area (Å²) >= 11 is 0. The van der Waals surface area contributed by atoms with E-state index in [4.69, 9.17) is 10.5 Å². The number of likely N-dealkylation sites (tertiary alicyclic amines) is 1. The van der Waals surface area contributed by atoms with Crippen LogP contribution in [0.25, 0.3) is 0 Å². The first kappa shape index (κ1) is 31.1. The summed E-state index contributed by atoms with van der Waals surface area (Å²) in [4.78, 5) is 39.8. The number of carbonyl (C=O) groups excluding carboxylic acids is 3. The van der Waals surface area contributed by atoms with Crippen LogP contribution in [0.3, 0.4) is 0 Å². The van der Waals surface area contributed by atoms with Crippen LogP contribution in [0.15, 0.2) is 54.6 Å². The molecule has 8 heteroatoms. The van der Waals surface area contributed by atoms with Crippen molar-refractivity contribution in [3.05, 3.63) is 60.2 Å². The molecule has 0 spiro atoms. The third-order valence-electron chi connectivity index (χ3n) is 7.21. The van der Waals surface area contributed by atoms with Gasteiger partial charge >= 0.3 is 0 Å². The second kappa shape index (κ2) is 18.1. The minimum Gasteiger partial charge on any atom is -0.494 e. The molecule has 3 rings (SSSR count). The van der Waals surface area contributed by atoms with Gasteiger partial charge in [-0.3, -0.25) is 14.4 Å². The summed E-state index contributed by atoms with van der Waals surface area (Å²) in [7, 11) is 0. The zero-order chi connectivity index (χ0) is 28.4. The highest BCUT2D eigenvalue weighted by Crippen LogP contribution is 2.15. The van der Waals surface area contributed by atoms with E-state index in [1.165, 1.54) is 25.7 Å². The normalized spacial score (nSPS) is 15.4. The van der Waals surface area contributed by atoms with Crippen molar-refractivity contribution in [1.29, 1.82) is 0 Å². The van der Waals surface area contributed by atoms with Crippen molar-refractivity contribution in [2.24, 2.45) is 5.73 Å². The molecule has 0 bridgehead atoms. The maximum atomic E-state index is 13.1. The minimum atomic E-state index is -0.561. The fourth-order valence-electron chi connectivity index (χ4n) is 4.97. The molecule has 1 aliphatic rings. The number of hydrogen-bond donors (Lipinski definition) is 3. The van der Waals surface area contributed by atoms with Gasteiger partial charge in [0.05, 0.1) is 13.2 Å². The standard InChI is InChI=1S/C32H46N4O4/c33-24-26-15-14-16-27(23-26)34-31(38)25-36-21-12-11-19-29(32(36)39)35-30(37)20-10-5-3-1-2-4-6-13-22-40-28-17-8-7-9-18-28/h7-9,14-18,23,29H,1-6,10-13,19-22,24-25,33H2,(H,34,38)(H,35,37). The van der Waals surface area contributed by atoms with Crippen LogP contribution in [0.1, 0.15) is 82.6 Å². The number of nitrogens with two attached hydrogens (primary N) is 1. The lowest BCUT2D eigenvalue weighted by molar-refractivity contribution is -0.138. The average Bonchev–Trinajstić information content (AvgIpc) is 3.13. The van der Waals surface area contributed by atoms with Gasteiger partial charge in [0.15, 0.2) is 0 Å². The van der Waals surface area contributed by atoms with Gasteiger partial charge < -0.3 is 26.0 Å². The monoisotopic (exact) mass is 550 g/mol. The molecule has 8 nitrogen and oxygen atoms in total. The van der Waals surface area contributed by atoms with Gasteiger partial charge in [0.25, 0.3) is 0 Å². The summed E-state index contributed by atoms with van der Waals surface area (Å²) in [6.07, 6.45) is 11.5. The van der Waals surface area contributed by atoms with Gasteiger partial charge in [0.1, 0.15) is 11.8 Å². The van der Waals surface area contributed by atoms with E-state index in [1.54, 1.807) is 11.0 Å². The molecule has 0 aliphatic carbocycles. The summed E-state index contributed by atoms with van der Waals surface area (Å²) in [6, 6.07) is 16.7. The summed E-state index contributed by atoms with van der Waals surface area (Å²) in [6.45, 7) is 1.64. The van der Waals surface area contributed by atoms with E-state index in [0.29, 0.717) is 31.6 Å². The minimum absolute atomic E-state index is 0.0297. The summed E-state index contributed by atoms with van der Waals surface area (Å²) in [5, 5.41) is 5.78. The highest BCUT2D eigenvalue weighted by molar-refractivity contribution is 5.96. The smallest absolute Gasteiger partial charge is 0.245 e. The van der Waals surface area contributed by atoms with E-state index in [2.05, 4.69) is 10.6 Å². The molecule has 40 heavy (non-hydrogen) atoms. The van der Waals surface area contributed by atoms with Crippen LogP contribution in [0.5, 0.6) is 5.75 Å². The molecule has 1 aliphatic heterocycles. The number of hydrogen-bond acceptors (Lipinski definition) is 5. The molecule has 0 saturated carbocycles. The van der Waals surface area contributed by atoms with E-state index in [9.17, 15) is 14.4 Å². The molecule has 1 atom stereocenters. The lowest BCUT2D eigenvalue weighted by atomic mass is 10.1. The Morgan fingerprint density at radius 3 is 2.35 bits per heavy atom. The molecular weight excluding hydrogens is 504 g/mol. The second-order valence-corrected chi connectivity index (χ2v) is 10.6. The Balaban J connectivity index is 1.25. The van der Waals surface area contributed by atoms with Crippen LogP contribution in [0.4, 0.5) is 5.69 Å². The molecule has 218 valence electrons. The number of carbonyl (C=O) groups is 3. The van der Waals surface area contributed by atoms with Gasteiger partial charge in [-0.05, 0) is 61.9 Å². The van der Waals surface area contributed by atoms with Crippen molar-refractivity contribution < 1.29 is 19.1 Å². The number of amides is 3.